The number of imidazole rings is 1. The van der Waals surface area contributed by atoms with Crippen LogP contribution in [0.2, 0.25) is 0 Å². The molecule has 0 unspecified atom stereocenters. The van der Waals surface area contributed by atoms with Gasteiger partial charge in [0.05, 0.1) is 32.5 Å². The molecule has 0 amide bonds. The number of fused-ring (bicyclic) bond motifs is 2. The molecule has 6 aromatic rings. The molecule has 0 spiro atoms. The van der Waals surface area contributed by atoms with Gasteiger partial charge in [0, 0.05) is 30.4 Å². The number of pyridine rings is 2. The summed E-state index contributed by atoms with van der Waals surface area (Å²) in [6.45, 7) is 1.56. The molecular weight excluding hydrogens is 424 g/mol. The highest BCUT2D eigenvalue weighted by atomic mass is 32.1. The monoisotopic (exact) mass is 438 g/mol. The van der Waals surface area contributed by atoms with Crippen LogP contribution < -0.4 is 0 Å². The van der Waals surface area contributed by atoms with Gasteiger partial charge >= 0.3 is 0 Å². The van der Waals surface area contributed by atoms with E-state index in [2.05, 4.69) is 35.1 Å². The van der Waals surface area contributed by atoms with E-state index in [0.29, 0.717) is 27.6 Å². The lowest BCUT2D eigenvalue weighted by molar-refractivity contribution is 0.102. The number of hydrogen-bond donors (Lipinski definition) is 2. The number of aromatic amines is 2. The van der Waals surface area contributed by atoms with E-state index < -0.39 is 0 Å². The number of hydrogen-bond acceptors (Lipinski definition) is 8. The minimum absolute atomic E-state index is 0.0329. The highest BCUT2D eigenvalue weighted by molar-refractivity contribution is 7.17. The van der Waals surface area contributed by atoms with Crippen molar-refractivity contribution in [2.75, 3.05) is 0 Å². The van der Waals surface area contributed by atoms with Gasteiger partial charge in [0.2, 0.25) is 0 Å². The Bertz CT molecular complexity index is 1620. The highest BCUT2D eigenvalue weighted by Crippen LogP contribution is 2.34. The summed E-state index contributed by atoms with van der Waals surface area (Å²) >= 11 is 1.41. The van der Waals surface area contributed by atoms with Crippen molar-refractivity contribution in [2.24, 2.45) is 0 Å². The van der Waals surface area contributed by atoms with Crippen molar-refractivity contribution in [1.29, 1.82) is 0 Å². The third-order valence-corrected chi connectivity index (χ3v) is 6.28. The van der Waals surface area contributed by atoms with Crippen molar-refractivity contribution in [2.45, 2.75) is 6.92 Å². The molecule has 0 aliphatic rings. The second-order valence-corrected chi connectivity index (χ2v) is 8.23. The molecule has 6 rings (SSSR count). The fourth-order valence-corrected chi connectivity index (χ4v) is 4.45. The predicted molar refractivity (Wildman–Crippen MR) is 121 cm³/mol. The number of carbonyl (C=O) groups excluding carboxylic acids is 1. The van der Waals surface area contributed by atoms with E-state index in [-0.39, 0.29) is 5.78 Å². The van der Waals surface area contributed by atoms with Gasteiger partial charge < -0.3 is 4.98 Å². The van der Waals surface area contributed by atoms with Gasteiger partial charge in [-0.1, -0.05) is 0 Å². The van der Waals surface area contributed by atoms with Crippen molar-refractivity contribution in [1.82, 2.24) is 40.1 Å². The topological polar surface area (TPSA) is 126 Å². The summed E-state index contributed by atoms with van der Waals surface area (Å²) in [6, 6.07) is 7.55. The zero-order chi connectivity index (χ0) is 21.7. The summed E-state index contributed by atoms with van der Waals surface area (Å²) in [5.74, 6) is 0.632. The van der Waals surface area contributed by atoms with Gasteiger partial charge in [0.1, 0.15) is 16.9 Å². The number of H-pyrrole nitrogens is 2. The molecule has 6 aromatic heterocycles. The summed E-state index contributed by atoms with van der Waals surface area (Å²) < 4.78 is 0. The average molecular weight is 438 g/mol. The Morgan fingerprint density at radius 2 is 1.94 bits per heavy atom. The largest absolute Gasteiger partial charge is 0.336 e. The number of carbonyl (C=O) groups is 1. The first kappa shape index (κ1) is 18.5. The molecular formula is C22H14N8OS. The Hall–Kier alpha value is -4.31. The molecule has 6 heterocycles. The van der Waals surface area contributed by atoms with Crippen LogP contribution >= 0.6 is 11.3 Å². The maximum Gasteiger partial charge on any atom is 0.169 e. The van der Waals surface area contributed by atoms with E-state index >= 15 is 0 Å². The fourth-order valence-electron chi connectivity index (χ4n) is 3.55. The van der Waals surface area contributed by atoms with Gasteiger partial charge in [-0.3, -0.25) is 24.8 Å². The van der Waals surface area contributed by atoms with E-state index in [1.165, 1.54) is 11.3 Å². The number of aromatic nitrogens is 8. The maximum absolute atomic E-state index is 11.7. The molecule has 0 saturated carbocycles. The lowest BCUT2D eigenvalue weighted by Crippen LogP contribution is -1.87. The van der Waals surface area contributed by atoms with Crippen molar-refractivity contribution in [3.63, 3.8) is 0 Å². The number of thiophene rings is 1. The van der Waals surface area contributed by atoms with Crippen LogP contribution in [0.3, 0.4) is 0 Å². The standard InChI is InChI=1S/C22H14N8OS/c1-11(31)16-2-3-17(32-16)20-19-14(4-5-25-20)27-22(28-19)18-13-8-12(9-26-21(13)30-29-18)15-10-23-6-7-24-15/h2-10H,1H3,(H,27,28)(H,26,29,30). The summed E-state index contributed by atoms with van der Waals surface area (Å²) in [6.07, 6.45) is 8.43. The Balaban J connectivity index is 1.49. The molecule has 9 nitrogen and oxygen atoms in total. The quantitative estimate of drug-likeness (QED) is 0.393. The van der Waals surface area contributed by atoms with Gasteiger partial charge in [-0.2, -0.15) is 5.10 Å². The molecule has 0 atom stereocenters. The Morgan fingerprint density at radius 1 is 1.00 bits per heavy atom. The van der Waals surface area contributed by atoms with Gasteiger partial charge in [-0.25, -0.2) is 9.97 Å². The normalized spacial score (nSPS) is 11.4. The number of nitrogens with zero attached hydrogens (tertiary/aromatic N) is 6. The third kappa shape index (κ3) is 2.96. The number of ketones is 1. The molecule has 0 aliphatic heterocycles. The van der Waals surface area contributed by atoms with Gasteiger partial charge in [-0.05, 0) is 31.2 Å². The molecule has 0 saturated heterocycles. The molecule has 32 heavy (non-hydrogen) atoms. The van der Waals surface area contributed by atoms with E-state index in [9.17, 15) is 4.79 Å². The molecule has 0 radical (unpaired) electrons. The minimum Gasteiger partial charge on any atom is -0.336 e. The van der Waals surface area contributed by atoms with Crippen LogP contribution in [0.15, 0.2) is 55.2 Å². The van der Waals surface area contributed by atoms with E-state index in [0.717, 1.165) is 32.7 Å². The van der Waals surface area contributed by atoms with E-state index in [4.69, 9.17) is 4.98 Å². The third-order valence-electron chi connectivity index (χ3n) is 5.09. The van der Waals surface area contributed by atoms with Crippen molar-refractivity contribution in [3.05, 3.63) is 60.1 Å². The SMILES string of the molecule is CC(=O)c1ccc(-c2nccc3[nH]c(-c4n[nH]c5ncc(-c6cnccn6)cc45)nc23)s1. The summed E-state index contributed by atoms with van der Waals surface area (Å²) in [5, 5.41) is 8.23. The molecule has 0 fully saturated rings. The van der Waals surface area contributed by atoms with E-state index in [1.54, 1.807) is 37.9 Å². The maximum atomic E-state index is 11.7. The number of Topliss-reactive ketones (excluding diaryl/α,β-unsaturated/α-hetero) is 1. The fraction of sp³-hybridized carbons (Fsp3) is 0.0455. The Morgan fingerprint density at radius 3 is 2.75 bits per heavy atom. The van der Waals surface area contributed by atoms with Gasteiger partial charge in [-0.15, -0.1) is 11.3 Å². The van der Waals surface area contributed by atoms with Gasteiger partial charge in [0.15, 0.2) is 17.3 Å². The van der Waals surface area contributed by atoms with Crippen LogP contribution in [-0.2, 0) is 0 Å². The zero-order valence-corrected chi connectivity index (χ0v) is 17.5. The molecule has 0 aromatic carbocycles. The summed E-state index contributed by atoms with van der Waals surface area (Å²) in [4.78, 5) is 38.9. The summed E-state index contributed by atoms with van der Waals surface area (Å²) in [7, 11) is 0. The average Bonchev–Trinajstić information content (AvgIpc) is 3.56. The van der Waals surface area contributed by atoms with Crippen LogP contribution in [0.1, 0.15) is 16.6 Å². The van der Waals surface area contributed by atoms with Crippen LogP contribution in [0, 0.1) is 0 Å². The first-order valence-electron chi connectivity index (χ1n) is 9.74. The van der Waals surface area contributed by atoms with Gasteiger partial charge in [0.25, 0.3) is 0 Å². The highest BCUT2D eigenvalue weighted by Gasteiger charge is 2.18. The molecule has 0 bridgehead atoms. The van der Waals surface area contributed by atoms with Crippen LogP contribution in [0.5, 0.6) is 0 Å². The second-order valence-electron chi connectivity index (χ2n) is 7.14. The van der Waals surface area contributed by atoms with Crippen molar-refractivity contribution >= 4 is 39.2 Å². The van der Waals surface area contributed by atoms with Crippen molar-refractivity contribution in [3.8, 4) is 33.3 Å². The van der Waals surface area contributed by atoms with Crippen LogP contribution in [0.4, 0.5) is 0 Å². The molecule has 0 aliphatic carbocycles. The Labute approximate surface area is 184 Å². The molecule has 10 heteroatoms. The molecule has 2 N–H and O–H groups in total. The second kappa shape index (κ2) is 7.13. The predicted octanol–water partition coefficient (Wildman–Crippen LogP) is 4.28. The van der Waals surface area contributed by atoms with Crippen LogP contribution in [0.25, 0.3) is 55.4 Å². The lowest BCUT2D eigenvalue weighted by Gasteiger charge is -1.99. The first-order valence-corrected chi connectivity index (χ1v) is 10.6. The molecule has 154 valence electrons. The van der Waals surface area contributed by atoms with Crippen molar-refractivity contribution < 1.29 is 4.79 Å². The minimum atomic E-state index is 0.0329. The number of rotatable bonds is 4. The summed E-state index contributed by atoms with van der Waals surface area (Å²) in [5.41, 5.74) is 5.13. The first-order chi connectivity index (χ1) is 15.7. The lowest BCUT2D eigenvalue weighted by atomic mass is 10.1. The Kier molecular flexibility index (Phi) is 4.12. The van der Waals surface area contributed by atoms with E-state index in [1.807, 2.05) is 24.3 Å². The smallest absolute Gasteiger partial charge is 0.169 e. The zero-order valence-electron chi connectivity index (χ0n) is 16.7. The number of nitrogens with one attached hydrogen (secondary N) is 2. The van der Waals surface area contributed by atoms with Crippen LogP contribution in [-0.4, -0.2) is 45.9 Å².